The van der Waals surface area contributed by atoms with E-state index in [0.717, 1.165) is 12.7 Å². The summed E-state index contributed by atoms with van der Waals surface area (Å²) in [6, 6.07) is 0.251. The van der Waals surface area contributed by atoms with Crippen LogP contribution < -0.4 is 10.6 Å². The summed E-state index contributed by atoms with van der Waals surface area (Å²) < 4.78 is 4.88. The van der Waals surface area contributed by atoms with Crippen molar-refractivity contribution >= 4 is 17.9 Å². The van der Waals surface area contributed by atoms with Crippen molar-refractivity contribution < 1.29 is 19.1 Å². The predicted molar refractivity (Wildman–Crippen MR) is 64.5 cm³/mol. The second kappa shape index (κ2) is 6.63. The molecule has 0 spiro atoms. The molecule has 100 valence electrons. The van der Waals surface area contributed by atoms with Crippen LogP contribution in [0.15, 0.2) is 10.7 Å². The number of nitrogens with one attached hydrogen (secondary N) is 2. The van der Waals surface area contributed by atoms with Gasteiger partial charge in [-0.05, 0) is 13.3 Å². The van der Waals surface area contributed by atoms with E-state index >= 15 is 0 Å². The Balaban J connectivity index is 2.28. The summed E-state index contributed by atoms with van der Waals surface area (Å²) in [5, 5.41) is 14.2. The molecule has 0 radical (unpaired) electrons. The number of aromatic carboxylic acids is 1. The van der Waals surface area contributed by atoms with Gasteiger partial charge in [0.2, 0.25) is 5.91 Å². The van der Waals surface area contributed by atoms with Gasteiger partial charge in [0.05, 0.1) is 0 Å². The lowest BCUT2D eigenvalue weighted by Gasteiger charge is -2.10. The van der Waals surface area contributed by atoms with Gasteiger partial charge in [-0.15, -0.1) is 0 Å². The lowest BCUT2D eigenvalue weighted by molar-refractivity contribution is -0.121. The molecule has 1 atom stereocenters. The SMILES string of the molecule is CCC(C)NC(=O)CCNc1nc(C(=O)O)co1. The first-order valence-corrected chi connectivity index (χ1v) is 5.75. The van der Waals surface area contributed by atoms with Crippen LogP contribution in [0.25, 0.3) is 0 Å². The molecule has 0 aliphatic rings. The van der Waals surface area contributed by atoms with Gasteiger partial charge < -0.3 is 20.2 Å². The number of amides is 1. The maximum Gasteiger partial charge on any atom is 0.357 e. The number of carbonyl (C=O) groups is 2. The highest BCUT2D eigenvalue weighted by Crippen LogP contribution is 2.06. The third-order valence-electron chi connectivity index (χ3n) is 2.37. The lowest BCUT2D eigenvalue weighted by atomic mass is 10.2. The number of carbonyl (C=O) groups excluding carboxylic acids is 1. The van der Waals surface area contributed by atoms with Crippen LogP contribution >= 0.6 is 0 Å². The van der Waals surface area contributed by atoms with Gasteiger partial charge in [-0.1, -0.05) is 6.92 Å². The molecule has 0 saturated carbocycles. The summed E-state index contributed by atoms with van der Waals surface area (Å²) in [5.74, 6) is -1.22. The number of carboxylic acid groups (broad SMARTS) is 1. The molecular formula is C11H17N3O4. The van der Waals surface area contributed by atoms with E-state index in [9.17, 15) is 9.59 Å². The Kier molecular flexibility index (Phi) is 5.16. The largest absolute Gasteiger partial charge is 0.476 e. The van der Waals surface area contributed by atoms with E-state index in [1.807, 2.05) is 13.8 Å². The van der Waals surface area contributed by atoms with Crippen molar-refractivity contribution in [2.24, 2.45) is 0 Å². The van der Waals surface area contributed by atoms with Crippen molar-refractivity contribution in [1.82, 2.24) is 10.3 Å². The van der Waals surface area contributed by atoms with E-state index in [0.29, 0.717) is 6.54 Å². The van der Waals surface area contributed by atoms with Crippen LogP contribution in [0.1, 0.15) is 37.2 Å². The standard InChI is InChI=1S/C11H17N3O4/c1-3-7(2)13-9(15)4-5-12-11-14-8(6-18-11)10(16)17/h6-7H,3-5H2,1-2H3,(H,12,14)(H,13,15)(H,16,17). The summed E-state index contributed by atoms with van der Waals surface area (Å²) in [6.07, 6.45) is 2.19. The van der Waals surface area contributed by atoms with Gasteiger partial charge in [0, 0.05) is 19.0 Å². The number of carboxylic acids is 1. The molecular weight excluding hydrogens is 238 g/mol. The Labute approximate surface area is 105 Å². The van der Waals surface area contributed by atoms with Crippen LogP contribution in [0, 0.1) is 0 Å². The molecule has 0 aromatic carbocycles. The van der Waals surface area contributed by atoms with Crippen LogP contribution in [0.4, 0.5) is 6.01 Å². The summed E-state index contributed by atoms with van der Waals surface area (Å²) >= 11 is 0. The molecule has 0 fully saturated rings. The fraction of sp³-hybridized carbons (Fsp3) is 0.545. The van der Waals surface area contributed by atoms with E-state index in [4.69, 9.17) is 9.52 Å². The lowest BCUT2D eigenvalue weighted by Crippen LogP contribution is -2.32. The summed E-state index contributed by atoms with van der Waals surface area (Å²) in [4.78, 5) is 25.6. The molecule has 3 N–H and O–H groups in total. The van der Waals surface area contributed by atoms with Gasteiger partial charge in [-0.2, -0.15) is 4.98 Å². The van der Waals surface area contributed by atoms with Crippen LogP contribution in [-0.4, -0.2) is 34.6 Å². The molecule has 1 aromatic heterocycles. The number of oxazole rings is 1. The minimum absolute atomic E-state index is 0.0677. The Hall–Kier alpha value is -2.05. The zero-order valence-electron chi connectivity index (χ0n) is 10.4. The van der Waals surface area contributed by atoms with E-state index in [1.165, 1.54) is 0 Å². The monoisotopic (exact) mass is 255 g/mol. The quantitative estimate of drug-likeness (QED) is 0.673. The molecule has 1 heterocycles. The molecule has 0 aliphatic heterocycles. The summed E-state index contributed by atoms with van der Waals surface area (Å²) in [7, 11) is 0. The highest BCUT2D eigenvalue weighted by Gasteiger charge is 2.10. The number of hydrogen-bond donors (Lipinski definition) is 3. The number of anilines is 1. The molecule has 18 heavy (non-hydrogen) atoms. The van der Waals surface area contributed by atoms with Crippen LogP contribution in [0.2, 0.25) is 0 Å². The van der Waals surface area contributed by atoms with Gasteiger partial charge in [-0.25, -0.2) is 4.79 Å². The average molecular weight is 255 g/mol. The first-order valence-electron chi connectivity index (χ1n) is 5.75. The van der Waals surface area contributed by atoms with E-state index in [1.54, 1.807) is 0 Å². The predicted octanol–water partition coefficient (Wildman–Crippen LogP) is 1.09. The minimum Gasteiger partial charge on any atom is -0.476 e. The maximum absolute atomic E-state index is 11.4. The Morgan fingerprint density at radius 1 is 1.56 bits per heavy atom. The second-order valence-corrected chi connectivity index (χ2v) is 3.90. The van der Waals surface area contributed by atoms with Crippen molar-refractivity contribution in [3.63, 3.8) is 0 Å². The van der Waals surface area contributed by atoms with Crippen molar-refractivity contribution in [2.45, 2.75) is 32.7 Å². The van der Waals surface area contributed by atoms with E-state index in [-0.39, 0.29) is 30.1 Å². The fourth-order valence-corrected chi connectivity index (χ4v) is 1.19. The van der Waals surface area contributed by atoms with Crippen molar-refractivity contribution in [2.75, 3.05) is 11.9 Å². The second-order valence-electron chi connectivity index (χ2n) is 3.90. The first kappa shape index (κ1) is 14.0. The summed E-state index contributed by atoms with van der Waals surface area (Å²) in [5.41, 5.74) is -0.165. The third-order valence-corrected chi connectivity index (χ3v) is 2.37. The molecule has 7 nitrogen and oxygen atoms in total. The number of nitrogens with zero attached hydrogens (tertiary/aromatic N) is 1. The topological polar surface area (TPSA) is 104 Å². The molecule has 0 aliphatic carbocycles. The molecule has 1 aromatic rings. The molecule has 1 amide bonds. The Bertz CT molecular complexity index is 416. The number of rotatable bonds is 7. The Morgan fingerprint density at radius 3 is 2.83 bits per heavy atom. The fourth-order valence-electron chi connectivity index (χ4n) is 1.19. The molecule has 7 heteroatoms. The molecule has 1 unspecified atom stereocenters. The molecule has 1 rings (SSSR count). The summed E-state index contributed by atoms with van der Waals surface area (Å²) in [6.45, 7) is 4.25. The molecule has 0 saturated heterocycles. The van der Waals surface area contributed by atoms with Crippen molar-refractivity contribution in [3.05, 3.63) is 12.0 Å². The highest BCUT2D eigenvalue weighted by atomic mass is 16.4. The van der Waals surface area contributed by atoms with Gasteiger partial charge in [-0.3, -0.25) is 4.79 Å². The van der Waals surface area contributed by atoms with Crippen molar-refractivity contribution in [1.29, 1.82) is 0 Å². The van der Waals surface area contributed by atoms with Gasteiger partial charge in [0.15, 0.2) is 5.69 Å². The number of aromatic nitrogens is 1. The normalized spacial score (nSPS) is 11.9. The van der Waals surface area contributed by atoms with Crippen LogP contribution in [-0.2, 0) is 4.79 Å². The number of hydrogen-bond acceptors (Lipinski definition) is 5. The zero-order valence-corrected chi connectivity index (χ0v) is 10.4. The maximum atomic E-state index is 11.4. The third kappa shape index (κ3) is 4.44. The zero-order chi connectivity index (χ0) is 13.5. The Morgan fingerprint density at radius 2 is 2.28 bits per heavy atom. The molecule has 0 bridgehead atoms. The van der Waals surface area contributed by atoms with Gasteiger partial charge in [0.1, 0.15) is 6.26 Å². The smallest absolute Gasteiger partial charge is 0.357 e. The van der Waals surface area contributed by atoms with E-state index in [2.05, 4.69) is 15.6 Å². The van der Waals surface area contributed by atoms with Gasteiger partial charge >= 0.3 is 5.97 Å². The van der Waals surface area contributed by atoms with Crippen molar-refractivity contribution in [3.8, 4) is 0 Å². The highest BCUT2D eigenvalue weighted by molar-refractivity contribution is 5.85. The first-order chi connectivity index (χ1) is 8.52. The average Bonchev–Trinajstić information content (AvgIpc) is 2.77. The van der Waals surface area contributed by atoms with Crippen LogP contribution in [0.3, 0.4) is 0 Å². The van der Waals surface area contributed by atoms with E-state index < -0.39 is 5.97 Å². The minimum atomic E-state index is -1.15. The van der Waals surface area contributed by atoms with Crippen LogP contribution in [0.5, 0.6) is 0 Å². The van der Waals surface area contributed by atoms with Gasteiger partial charge in [0.25, 0.3) is 6.01 Å².